The summed E-state index contributed by atoms with van der Waals surface area (Å²) in [6.07, 6.45) is 10.4. The number of hydrogen-bond donors (Lipinski definition) is 0. The van der Waals surface area contributed by atoms with Gasteiger partial charge in [0.15, 0.2) is 0 Å². The Kier molecular flexibility index (Phi) is 7.58. The maximum absolute atomic E-state index is 4.93. The van der Waals surface area contributed by atoms with Crippen LogP contribution in [0, 0.1) is 6.08 Å². The fourth-order valence-electron chi connectivity index (χ4n) is 2.88. The molecule has 0 saturated heterocycles. The molecule has 2 nitrogen and oxygen atoms in total. The first-order chi connectivity index (χ1) is 13.2. The van der Waals surface area contributed by atoms with E-state index in [0.29, 0.717) is 0 Å². The quantitative estimate of drug-likeness (QED) is 0.274. The molecule has 5 heteroatoms. The van der Waals surface area contributed by atoms with Crippen LogP contribution in [0.4, 0.5) is 0 Å². The summed E-state index contributed by atoms with van der Waals surface area (Å²) in [5.74, 6) is 0. The molecule has 0 spiro atoms. The maximum Gasteiger partial charge on any atom is 0.0927 e. The van der Waals surface area contributed by atoms with Crippen LogP contribution in [-0.4, -0.2) is 9.78 Å². The van der Waals surface area contributed by atoms with Crippen LogP contribution in [0.25, 0.3) is 27.4 Å². The van der Waals surface area contributed by atoms with E-state index in [1.807, 2.05) is 22.9 Å². The zero-order valence-electron chi connectivity index (χ0n) is 14.9. The zero-order valence-corrected chi connectivity index (χ0v) is 18.8. The minimum atomic E-state index is -0.826. The van der Waals surface area contributed by atoms with E-state index in [2.05, 4.69) is 78.9 Å². The van der Waals surface area contributed by atoms with Crippen LogP contribution in [0.5, 0.6) is 0 Å². The molecule has 0 N–H and O–H groups in total. The molecular formula is C22H18Cl2N2Zr. The number of aromatic nitrogens is 2. The number of halogens is 2. The molecule has 1 aliphatic carbocycles. The summed E-state index contributed by atoms with van der Waals surface area (Å²) in [6.45, 7) is 2.06. The molecule has 27 heavy (non-hydrogen) atoms. The second kappa shape index (κ2) is 10.1. The largest absolute Gasteiger partial charge is 0.259 e. The van der Waals surface area contributed by atoms with Crippen molar-refractivity contribution in [3.05, 3.63) is 90.7 Å². The third-order valence-corrected chi connectivity index (χ3v) is 4.15. The Morgan fingerprint density at radius 2 is 1.78 bits per heavy atom. The molecule has 3 aromatic carbocycles. The average molecular weight is 473 g/mol. The van der Waals surface area contributed by atoms with Gasteiger partial charge in [0.2, 0.25) is 0 Å². The minimum absolute atomic E-state index is 0.826. The van der Waals surface area contributed by atoms with E-state index in [1.165, 1.54) is 21.7 Å². The molecule has 0 atom stereocenters. The molecule has 5 rings (SSSR count). The van der Waals surface area contributed by atoms with E-state index in [9.17, 15) is 0 Å². The van der Waals surface area contributed by atoms with E-state index >= 15 is 0 Å². The standard InChI is InChI=1S/C16H11N2.C6H7.2ClH.Zr/c1-2-6-13-10-15(9-12(13)5-1)18-11-14-7-3-4-8-16(14)17-18;1-6-4-2-3-5-6;;;/h1-11H;2,4H,3H2,1H3;2*1H;/q2*-1;;;+4/p-2. The van der Waals surface area contributed by atoms with Crippen LogP contribution in [-0.2, 0) is 20.8 Å². The Balaban J connectivity index is 0.000000196. The van der Waals surface area contributed by atoms with Crippen molar-refractivity contribution < 1.29 is 20.8 Å². The van der Waals surface area contributed by atoms with Crippen molar-refractivity contribution in [2.45, 2.75) is 13.3 Å². The molecule has 1 aliphatic rings. The third-order valence-electron chi connectivity index (χ3n) is 4.15. The second-order valence-corrected chi connectivity index (χ2v) is 9.74. The fourth-order valence-corrected chi connectivity index (χ4v) is 2.88. The first-order valence-corrected chi connectivity index (χ1v) is 14.8. The Hall–Kier alpha value is -1.54. The van der Waals surface area contributed by atoms with Crippen LogP contribution in [0.1, 0.15) is 13.3 Å². The summed E-state index contributed by atoms with van der Waals surface area (Å²) in [5, 5.41) is 8.28. The summed E-state index contributed by atoms with van der Waals surface area (Å²) < 4.78 is 1.95. The second-order valence-electron chi connectivity index (χ2n) is 6.01. The molecule has 4 aromatic rings. The van der Waals surface area contributed by atoms with Crippen molar-refractivity contribution in [2.75, 3.05) is 0 Å². The van der Waals surface area contributed by atoms with Gasteiger partial charge in [-0.15, -0.1) is 47.5 Å². The van der Waals surface area contributed by atoms with Crippen molar-refractivity contribution in [1.82, 2.24) is 9.78 Å². The van der Waals surface area contributed by atoms with Crippen molar-refractivity contribution in [3.63, 3.8) is 0 Å². The maximum atomic E-state index is 4.93. The van der Waals surface area contributed by atoms with E-state index in [4.69, 9.17) is 17.0 Å². The van der Waals surface area contributed by atoms with Crippen LogP contribution in [0.15, 0.2) is 84.6 Å². The predicted octanol–water partition coefficient (Wildman–Crippen LogP) is 6.97. The van der Waals surface area contributed by atoms with Gasteiger partial charge in [0.05, 0.1) is 5.52 Å². The Morgan fingerprint density at radius 1 is 1.07 bits per heavy atom. The summed E-state index contributed by atoms with van der Waals surface area (Å²) in [5.41, 5.74) is 3.42. The average Bonchev–Trinajstić information content (AvgIpc) is 3.41. The fraction of sp³-hybridized carbons (Fsp3) is 0.0909. The molecule has 0 fully saturated rings. The van der Waals surface area contributed by atoms with Crippen LogP contribution in [0.2, 0.25) is 0 Å². The third kappa shape index (κ3) is 5.48. The van der Waals surface area contributed by atoms with Gasteiger partial charge in [0.1, 0.15) is 0 Å². The van der Waals surface area contributed by atoms with Gasteiger partial charge in [-0.1, -0.05) is 31.2 Å². The van der Waals surface area contributed by atoms with Gasteiger partial charge < -0.3 is 0 Å². The Labute approximate surface area is 178 Å². The van der Waals surface area contributed by atoms with E-state index in [0.717, 1.165) is 17.6 Å². The SMILES string of the molecule is CC1=[C-]CC=C1.[Cl][Zr+2][Cl].c1ccc2[cH-]c(-n3cc4ccccc4n3)cc2c1. The number of allylic oxidation sites excluding steroid dienone is 4. The van der Waals surface area contributed by atoms with E-state index in [-0.39, 0.29) is 0 Å². The van der Waals surface area contributed by atoms with Crippen LogP contribution >= 0.6 is 17.0 Å². The minimum Gasteiger partial charge on any atom is -0.259 e. The van der Waals surface area contributed by atoms with Gasteiger partial charge in [-0.2, -0.15) is 11.2 Å². The molecule has 0 amide bonds. The Morgan fingerprint density at radius 3 is 2.37 bits per heavy atom. The van der Waals surface area contributed by atoms with Gasteiger partial charge in [0.25, 0.3) is 0 Å². The van der Waals surface area contributed by atoms with E-state index in [1.54, 1.807) is 0 Å². The van der Waals surface area contributed by atoms with Gasteiger partial charge in [0, 0.05) is 11.6 Å². The van der Waals surface area contributed by atoms with Gasteiger partial charge >= 0.3 is 37.9 Å². The van der Waals surface area contributed by atoms with Crippen LogP contribution in [0.3, 0.4) is 0 Å². The molecule has 1 aromatic heterocycles. The number of nitrogens with zero attached hydrogens (tertiary/aromatic N) is 2. The van der Waals surface area contributed by atoms with Gasteiger partial charge in [-0.05, 0) is 11.8 Å². The van der Waals surface area contributed by atoms with Gasteiger partial charge in [-0.25, -0.2) is 11.6 Å². The van der Waals surface area contributed by atoms with Gasteiger partial charge in [-0.3, -0.25) is 10.8 Å². The topological polar surface area (TPSA) is 17.8 Å². The van der Waals surface area contributed by atoms with Crippen molar-refractivity contribution in [1.29, 1.82) is 0 Å². The van der Waals surface area contributed by atoms with Crippen molar-refractivity contribution >= 4 is 38.7 Å². The summed E-state index contributed by atoms with van der Waals surface area (Å²) in [7, 11) is 9.87. The first-order valence-electron chi connectivity index (χ1n) is 8.52. The first kappa shape index (κ1) is 20.2. The predicted molar refractivity (Wildman–Crippen MR) is 112 cm³/mol. The number of rotatable bonds is 1. The summed E-state index contributed by atoms with van der Waals surface area (Å²) in [4.78, 5) is 0. The smallest absolute Gasteiger partial charge is 0.0927 e. The van der Waals surface area contributed by atoms with Crippen molar-refractivity contribution in [2.24, 2.45) is 0 Å². The normalized spacial score (nSPS) is 12.0. The van der Waals surface area contributed by atoms with Crippen LogP contribution < -0.4 is 0 Å². The number of fused-ring (bicyclic) bond motifs is 2. The molecule has 0 unspecified atom stereocenters. The molecule has 0 bridgehead atoms. The Bertz CT molecular complexity index is 935. The van der Waals surface area contributed by atoms with E-state index < -0.39 is 20.8 Å². The molecular weight excluding hydrogens is 454 g/mol. The van der Waals surface area contributed by atoms with Crippen molar-refractivity contribution in [3.8, 4) is 5.69 Å². The molecule has 134 valence electrons. The molecule has 0 radical (unpaired) electrons. The number of hydrogen-bond acceptors (Lipinski definition) is 1. The monoisotopic (exact) mass is 470 g/mol. The molecule has 0 saturated carbocycles. The number of benzene rings is 2. The summed E-state index contributed by atoms with van der Waals surface area (Å²) >= 11 is -0.826. The molecule has 0 aliphatic heterocycles. The zero-order chi connectivity index (χ0) is 19.1. The molecule has 1 heterocycles. The summed E-state index contributed by atoms with van der Waals surface area (Å²) in [6, 6.07) is 20.9.